The van der Waals surface area contributed by atoms with Crippen molar-refractivity contribution in [1.29, 1.82) is 0 Å². The minimum atomic E-state index is -0.234. The van der Waals surface area contributed by atoms with Crippen molar-refractivity contribution in [2.75, 3.05) is 18.9 Å². The van der Waals surface area contributed by atoms with Crippen molar-refractivity contribution in [3.63, 3.8) is 0 Å². The van der Waals surface area contributed by atoms with Gasteiger partial charge >= 0.3 is 0 Å². The highest BCUT2D eigenvalue weighted by molar-refractivity contribution is 6.03. The molecular formula is C30H33N5O2. The summed E-state index contributed by atoms with van der Waals surface area (Å²) in [6.45, 7) is 3.50. The number of aromatic hydroxyl groups is 1. The number of para-hydroxylation sites is 1. The number of anilines is 1. The Morgan fingerprint density at radius 3 is 2.65 bits per heavy atom. The van der Waals surface area contributed by atoms with E-state index in [-0.39, 0.29) is 17.7 Å². The summed E-state index contributed by atoms with van der Waals surface area (Å²) in [5.74, 6) is 0.707. The van der Waals surface area contributed by atoms with Gasteiger partial charge in [-0.3, -0.25) is 4.79 Å². The Balaban J connectivity index is 1.41. The number of phenolic OH excluding ortho intramolecular Hbond substituents is 1. The van der Waals surface area contributed by atoms with Crippen LogP contribution in [0.1, 0.15) is 51.8 Å². The summed E-state index contributed by atoms with van der Waals surface area (Å²) in [7, 11) is 1.91. The van der Waals surface area contributed by atoms with Crippen molar-refractivity contribution >= 4 is 11.6 Å². The van der Waals surface area contributed by atoms with Crippen LogP contribution in [0, 0.1) is 12.8 Å². The Hall–Kier alpha value is -3.94. The number of carbonyl (C=O) groups excluding carboxylic acids is 1. The average molecular weight is 496 g/mol. The zero-order valence-electron chi connectivity index (χ0n) is 21.2. The molecule has 1 aromatic heterocycles. The van der Waals surface area contributed by atoms with E-state index in [0.717, 1.165) is 41.2 Å². The Morgan fingerprint density at radius 1 is 1.05 bits per heavy atom. The third-order valence-electron chi connectivity index (χ3n) is 6.63. The van der Waals surface area contributed by atoms with Crippen LogP contribution in [-0.2, 0) is 6.54 Å². The molecule has 7 heteroatoms. The number of rotatable bonds is 10. The molecule has 0 bridgehead atoms. The second-order valence-corrected chi connectivity index (χ2v) is 9.71. The molecule has 1 aliphatic carbocycles. The first-order valence-electron chi connectivity index (χ1n) is 12.7. The molecule has 1 saturated carbocycles. The molecule has 1 atom stereocenters. The molecule has 3 aromatic carbocycles. The maximum Gasteiger partial charge on any atom is 0.274 e. The molecule has 0 saturated heterocycles. The Kier molecular flexibility index (Phi) is 7.35. The van der Waals surface area contributed by atoms with Gasteiger partial charge in [0.1, 0.15) is 11.4 Å². The molecule has 190 valence electrons. The van der Waals surface area contributed by atoms with Crippen molar-refractivity contribution < 1.29 is 9.90 Å². The van der Waals surface area contributed by atoms with E-state index in [4.69, 9.17) is 0 Å². The van der Waals surface area contributed by atoms with Crippen LogP contribution < -0.4 is 16.0 Å². The fourth-order valence-electron chi connectivity index (χ4n) is 4.60. The molecular weight excluding hydrogens is 462 g/mol. The first-order valence-corrected chi connectivity index (χ1v) is 12.7. The van der Waals surface area contributed by atoms with Gasteiger partial charge in [0.25, 0.3) is 5.91 Å². The summed E-state index contributed by atoms with van der Waals surface area (Å²) in [5.41, 5.74) is 5.66. The summed E-state index contributed by atoms with van der Waals surface area (Å²) >= 11 is 0. The van der Waals surface area contributed by atoms with E-state index in [0.29, 0.717) is 17.3 Å². The van der Waals surface area contributed by atoms with Gasteiger partial charge in [-0.05, 0) is 86.8 Å². The van der Waals surface area contributed by atoms with Gasteiger partial charge in [0.15, 0.2) is 0 Å². The minimum absolute atomic E-state index is 0.179. The number of aromatic nitrogens is 2. The molecule has 37 heavy (non-hydrogen) atoms. The Bertz CT molecular complexity index is 1390. The van der Waals surface area contributed by atoms with E-state index < -0.39 is 0 Å². The fourth-order valence-corrected chi connectivity index (χ4v) is 4.60. The molecule has 1 unspecified atom stereocenters. The standard InChI is InChI=1S/C30H33N5O2/c1-20-15-27(35(34-20)25-10-5-7-22(16-25)18-31-2)30(37)33-24-9-6-8-23(17-24)29(32-19-21-13-14-21)26-11-3-4-12-28(26)36/h3-12,15-17,21,29,31-32,36H,13-14,18-19H2,1-2H3,(H,33,37). The summed E-state index contributed by atoms with van der Waals surface area (Å²) in [5, 5.41) is 25.0. The third-order valence-corrected chi connectivity index (χ3v) is 6.63. The van der Waals surface area contributed by atoms with Gasteiger partial charge < -0.3 is 21.1 Å². The molecule has 1 fully saturated rings. The van der Waals surface area contributed by atoms with Crippen LogP contribution in [-0.4, -0.2) is 34.4 Å². The molecule has 7 nitrogen and oxygen atoms in total. The maximum absolute atomic E-state index is 13.4. The van der Waals surface area contributed by atoms with E-state index in [2.05, 4.69) is 21.0 Å². The normalized spacial score (nSPS) is 13.9. The van der Waals surface area contributed by atoms with Crippen LogP contribution in [0.4, 0.5) is 5.69 Å². The topological polar surface area (TPSA) is 91.2 Å². The summed E-state index contributed by atoms with van der Waals surface area (Å²) < 4.78 is 1.69. The smallest absolute Gasteiger partial charge is 0.274 e. The van der Waals surface area contributed by atoms with E-state index >= 15 is 0 Å². The lowest BCUT2D eigenvalue weighted by Gasteiger charge is -2.21. The molecule has 0 spiro atoms. The number of carbonyl (C=O) groups is 1. The van der Waals surface area contributed by atoms with Crippen molar-refractivity contribution in [2.45, 2.75) is 32.4 Å². The maximum atomic E-state index is 13.4. The zero-order valence-corrected chi connectivity index (χ0v) is 21.2. The third kappa shape index (κ3) is 5.90. The number of aryl methyl sites for hydroxylation is 1. The molecule has 1 amide bonds. The van der Waals surface area contributed by atoms with Crippen molar-refractivity contribution in [1.82, 2.24) is 20.4 Å². The van der Waals surface area contributed by atoms with Crippen LogP contribution in [0.2, 0.25) is 0 Å². The molecule has 0 radical (unpaired) electrons. The predicted molar refractivity (Wildman–Crippen MR) is 146 cm³/mol. The SMILES string of the molecule is CNCc1cccc(-n2nc(C)cc2C(=O)Nc2cccc(C(NCC3CC3)c3ccccc3O)c2)c1. The van der Waals surface area contributed by atoms with Gasteiger partial charge in [0.2, 0.25) is 0 Å². The van der Waals surface area contributed by atoms with Crippen LogP contribution in [0.3, 0.4) is 0 Å². The monoisotopic (exact) mass is 495 g/mol. The zero-order chi connectivity index (χ0) is 25.8. The number of nitrogens with one attached hydrogen (secondary N) is 3. The quantitative estimate of drug-likeness (QED) is 0.250. The van der Waals surface area contributed by atoms with Gasteiger partial charge in [-0.25, -0.2) is 4.68 Å². The number of amides is 1. The van der Waals surface area contributed by atoms with E-state index in [1.165, 1.54) is 12.8 Å². The van der Waals surface area contributed by atoms with E-state index in [1.807, 2.05) is 80.7 Å². The molecule has 1 aliphatic rings. The summed E-state index contributed by atoms with van der Waals surface area (Å²) in [6, 6.07) is 24.8. The van der Waals surface area contributed by atoms with Crippen LogP contribution in [0.25, 0.3) is 5.69 Å². The second kappa shape index (κ2) is 11.0. The fraction of sp³-hybridized carbons (Fsp3) is 0.267. The number of phenols is 1. The number of nitrogens with zero attached hydrogens (tertiary/aromatic N) is 2. The van der Waals surface area contributed by atoms with Gasteiger partial charge in [-0.15, -0.1) is 0 Å². The lowest BCUT2D eigenvalue weighted by molar-refractivity contribution is 0.101. The first-order chi connectivity index (χ1) is 18.0. The Labute approximate surface area is 217 Å². The first kappa shape index (κ1) is 24.7. The van der Waals surface area contributed by atoms with Gasteiger partial charge in [0.05, 0.1) is 17.4 Å². The highest BCUT2D eigenvalue weighted by Gasteiger charge is 2.25. The molecule has 5 rings (SSSR count). The van der Waals surface area contributed by atoms with E-state index in [9.17, 15) is 9.90 Å². The van der Waals surface area contributed by atoms with Gasteiger partial charge in [0, 0.05) is 17.8 Å². The van der Waals surface area contributed by atoms with Crippen molar-refractivity contribution in [3.05, 3.63) is 107 Å². The molecule has 0 aliphatic heterocycles. The lowest BCUT2D eigenvalue weighted by atomic mass is 9.97. The highest BCUT2D eigenvalue weighted by Crippen LogP contribution is 2.33. The van der Waals surface area contributed by atoms with Gasteiger partial charge in [-0.1, -0.05) is 42.5 Å². The number of benzene rings is 3. The molecule has 4 aromatic rings. The molecule has 1 heterocycles. The van der Waals surface area contributed by atoms with Crippen LogP contribution in [0.5, 0.6) is 5.75 Å². The van der Waals surface area contributed by atoms with Crippen LogP contribution in [0.15, 0.2) is 78.9 Å². The summed E-state index contributed by atoms with van der Waals surface area (Å²) in [4.78, 5) is 13.4. The number of hydrogen-bond donors (Lipinski definition) is 4. The van der Waals surface area contributed by atoms with E-state index in [1.54, 1.807) is 16.8 Å². The molecule has 4 N–H and O–H groups in total. The van der Waals surface area contributed by atoms with Gasteiger partial charge in [-0.2, -0.15) is 5.10 Å². The minimum Gasteiger partial charge on any atom is -0.508 e. The van der Waals surface area contributed by atoms with Crippen LogP contribution >= 0.6 is 0 Å². The lowest BCUT2D eigenvalue weighted by Crippen LogP contribution is -2.25. The van der Waals surface area contributed by atoms with Crippen molar-refractivity contribution in [2.24, 2.45) is 5.92 Å². The van der Waals surface area contributed by atoms with Crippen molar-refractivity contribution in [3.8, 4) is 11.4 Å². The summed E-state index contributed by atoms with van der Waals surface area (Å²) in [6.07, 6.45) is 2.48. The second-order valence-electron chi connectivity index (χ2n) is 9.71. The Morgan fingerprint density at radius 2 is 1.86 bits per heavy atom. The average Bonchev–Trinajstić information content (AvgIpc) is 3.64. The number of hydrogen-bond acceptors (Lipinski definition) is 5. The highest BCUT2D eigenvalue weighted by atomic mass is 16.3. The predicted octanol–water partition coefficient (Wildman–Crippen LogP) is 4.95. The largest absolute Gasteiger partial charge is 0.508 e.